The number of carboxylic acid groups (broad SMARTS) is 1. The molecule has 2 unspecified atom stereocenters. The summed E-state index contributed by atoms with van der Waals surface area (Å²) in [5, 5.41) is 11.6. The van der Waals surface area contributed by atoms with Crippen molar-refractivity contribution in [3.8, 4) is 5.75 Å². The molecule has 0 radical (unpaired) electrons. The maximum atomic E-state index is 11.8. The highest BCUT2D eigenvalue weighted by Crippen LogP contribution is 2.18. The van der Waals surface area contributed by atoms with E-state index >= 15 is 0 Å². The van der Waals surface area contributed by atoms with E-state index in [1.165, 1.54) is 0 Å². The van der Waals surface area contributed by atoms with Crippen LogP contribution in [0.5, 0.6) is 5.75 Å². The van der Waals surface area contributed by atoms with Gasteiger partial charge in [0.15, 0.2) is 6.61 Å². The topological polar surface area (TPSA) is 75.6 Å². The van der Waals surface area contributed by atoms with Crippen LogP contribution in [0.25, 0.3) is 0 Å². The van der Waals surface area contributed by atoms with Crippen LogP contribution in [0, 0.1) is 19.8 Å². The molecule has 2 N–H and O–H groups in total. The third-order valence-electron chi connectivity index (χ3n) is 3.48. The Hall–Kier alpha value is -2.04. The number of hydrogen-bond donors (Lipinski definition) is 2. The van der Waals surface area contributed by atoms with Crippen LogP contribution in [0.3, 0.4) is 0 Å². The minimum Gasteiger partial charge on any atom is -0.484 e. The molecule has 0 aliphatic carbocycles. The van der Waals surface area contributed by atoms with E-state index in [0.29, 0.717) is 12.2 Å². The smallest absolute Gasteiger partial charge is 0.326 e. The minimum atomic E-state index is -1.02. The van der Waals surface area contributed by atoms with Gasteiger partial charge in [-0.2, -0.15) is 0 Å². The lowest BCUT2D eigenvalue weighted by Crippen LogP contribution is -2.46. The van der Waals surface area contributed by atoms with Crippen molar-refractivity contribution in [3.63, 3.8) is 0 Å². The number of ether oxygens (including phenoxy) is 1. The van der Waals surface area contributed by atoms with Crippen molar-refractivity contribution in [1.82, 2.24) is 5.32 Å². The maximum absolute atomic E-state index is 11.8. The van der Waals surface area contributed by atoms with E-state index in [2.05, 4.69) is 5.32 Å². The number of nitrogens with one attached hydrogen (secondary N) is 1. The molecule has 0 bridgehead atoms. The van der Waals surface area contributed by atoms with Gasteiger partial charge in [-0.1, -0.05) is 38.0 Å². The van der Waals surface area contributed by atoms with Gasteiger partial charge in [-0.3, -0.25) is 4.79 Å². The summed E-state index contributed by atoms with van der Waals surface area (Å²) in [7, 11) is 0. The zero-order chi connectivity index (χ0) is 16.0. The van der Waals surface area contributed by atoms with Crippen molar-refractivity contribution in [2.75, 3.05) is 6.61 Å². The van der Waals surface area contributed by atoms with E-state index < -0.39 is 17.9 Å². The second-order valence-electron chi connectivity index (χ2n) is 5.33. The van der Waals surface area contributed by atoms with Crippen LogP contribution in [0.15, 0.2) is 18.2 Å². The van der Waals surface area contributed by atoms with Gasteiger partial charge < -0.3 is 15.2 Å². The Bertz CT molecular complexity index is 513. The lowest BCUT2D eigenvalue weighted by atomic mass is 9.99. The van der Waals surface area contributed by atoms with E-state index in [1.807, 2.05) is 32.9 Å². The summed E-state index contributed by atoms with van der Waals surface area (Å²) >= 11 is 0. The van der Waals surface area contributed by atoms with Gasteiger partial charge in [0.1, 0.15) is 11.8 Å². The molecule has 0 saturated carbocycles. The zero-order valence-corrected chi connectivity index (χ0v) is 13.0. The van der Waals surface area contributed by atoms with Gasteiger partial charge in [0, 0.05) is 0 Å². The van der Waals surface area contributed by atoms with Crippen LogP contribution in [0.2, 0.25) is 0 Å². The number of hydrogen-bond acceptors (Lipinski definition) is 3. The second kappa shape index (κ2) is 7.67. The molecule has 0 aliphatic heterocycles. The van der Waals surface area contributed by atoms with Gasteiger partial charge in [-0.05, 0) is 31.4 Å². The fourth-order valence-electron chi connectivity index (χ4n) is 2.00. The molecule has 5 heteroatoms. The molecule has 5 nitrogen and oxygen atoms in total. The molecule has 116 valence electrons. The molecular formula is C16H23NO4. The number of carbonyl (C=O) groups excluding carboxylic acids is 1. The molecule has 0 saturated heterocycles. The zero-order valence-electron chi connectivity index (χ0n) is 13.0. The summed E-state index contributed by atoms with van der Waals surface area (Å²) in [6.45, 7) is 7.37. The molecule has 1 amide bonds. The van der Waals surface area contributed by atoms with Crippen molar-refractivity contribution in [2.24, 2.45) is 5.92 Å². The molecule has 21 heavy (non-hydrogen) atoms. The van der Waals surface area contributed by atoms with Gasteiger partial charge >= 0.3 is 5.97 Å². The van der Waals surface area contributed by atoms with Gasteiger partial charge in [-0.15, -0.1) is 0 Å². The number of amides is 1. The summed E-state index contributed by atoms with van der Waals surface area (Å²) in [4.78, 5) is 23.0. The van der Waals surface area contributed by atoms with Crippen LogP contribution in [0.4, 0.5) is 0 Å². The summed E-state index contributed by atoms with van der Waals surface area (Å²) < 4.78 is 5.44. The van der Waals surface area contributed by atoms with E-state index in [-0.39, 0.29) is 12.5 Å². The summed E-state index contributed by atoms with van der Waals surface area (Å²) in [6.07, 6.45) is 0.676. The van der Waals surface area contributed by atoms with E-state index in [4.69, 9.17) is 9.84 Å². The highest BCUT2D eigenvalue weighted by Gasteiger charge is 2.25. The average Bonchev–Trinajstić information content (AvgIpc) is 2.42. The number of carbonyl (C=O) groups is 2. The molecule has 0 aromatic heterocycles. The molecule has 0 heterocycles. The Morgan fingerprint density at radius 2 is 2.00 bits per heavy atom. The van der Waals surface area contributed by atoms with Crippen LogP contribution < -0.4 is 10.1 Å². The standard InChI is InChI=1S/C16H23NO4/c1-5-11(3)15(16(19)20)17-14(18)9-21-13-7-6-10(2)8-12(13)4/h6-8,11,15H,5,9H2,1-4H3,(H,17,18)(H,19,20). The second-order valence-corrected chi connectivity index (χ2v) is 5.33. The number of aryl methyl sites for hydroxylation is 2. The molecule has 1 rings (SSSR count). The normalized spacial score (nSPS) is 13.3. The highest BCUT2D eigenvalue weighted by atomic mass is 16.5. The molecule has 1 aromatic carbocycles. The quantitative estimate of drug-likeness (QED) is 0.809. The number of carboxylic acids is 1. The number of rotatable bonds is 7. The Labute approximate surface area is 125 Å². The maximum Gasteiger partial charge on any atom is 0.326 e. The number of benzene rings is 1. The fraction of sp³-hybridized carbons (Fsp3) is 0.500. The van der Waals surface area contributed by atoms with Gasteiger partial charge in [-0.25, -0.2) is 4.79 Å². The van der Waals surface area contributed by atoms with Crippen molar-refractivity contribution >= 4 is 11.9 Å². The molecule has 0 spiro atoms. The van der Waals surface area contributed by atoms with E-state index in [0.717, 1.165) is 11.1 Å². The lowest BCUT2D eigenvalue weighted by molar-refractivity contribution is -0.143. The lowest BCUT2D eigenvalue weighted by Gasteiger charge is -2.20. The van der Waals surface area contributed by atoms with Crippen LogP contribution >= 0.6 is 0 Å². The van der Waals surface area contributed by atoms with Crippen molar-refractivity contribution in [3.05, 3.63) is 29.3 Å². The van der Waals surface area contributed by atoms with Crippen LogP contribution in [-0.2, 0) is 9.59 Å². The van der Waals surface area contributed by atoms with E-state index in [1.54, 1.807) is 13.0 Å². The first kappa shape index (κ1) is 17.0. The van der Waals surface area contributed by atoms with Crippen molar-refractivity contribution in [2.45, 2.75) is 40.2 Å². The SMILES string of the molecule is CCC(C)C(NC(=O)COc1ccc(C)cc1C)C(=O)O. The predicted octanol–water partition coefficient (Wildman–Crippen LogP) is 2.30. The molecule has 1 aromatic rings. The van der Waals surface area contributed by atoms with Crippen molar-refractivity contribution < 1.29 is 19.4 Å². The third-order valence-corrected chi connectivity index (χ3v) is 3.48. The Morgan fingerprint density at radius 3 is 2.52 bits per heavy atom. The van der Waals surface area contributed by atoms with Gasteiger partial charge in [0.05, 0.1) is 0 Å². The molecular weight excluding hydrogens is 270 g/mol. The summed E-state index contributed by atoms with van der Waals surface area (Å²) in [5.41, 5.74) is 2.06. The highest BCUT2D eigenvalue weighted by molar-refractivity contribution is 5.84. The first-order chi connectivity index (χ1) is 9.85. The Balaban J connectivity index is 2.58. The van der Waals surface area contributed by atoms with Gasteiger partial charge in [0.2, 0.25) is 0 Å². The number of aliphatic carboxylic acids is 1. The third kappa shape index (κ3) is 5.10. The molecule has 0 aliphatic rings. The Kier molecular flexibility index (Phi) is 6.21. The first-order valence-corrected chi connectivity index (χ1v) is 7.07. The van der Waals surface area contributed by atoms with Gasteiger partial charge in [0.25, 0.3) is 5.91 Å². The summed E-state index contributed by atoms with van der Waals surface area (Å²) in [6, 6.07) is 4.79. The Morgan fingerprint density at radius 1 is 1.33 bits per heavy atom. The van der Waals surface area contributed by atoms with E-state index in [9.17, 15) is 9.59 Å². The predicted molar refractivity (Wildman–Crippen MR) is 80.4 cm³/mol. The monoisotopic (exact) mass is 293 g/mol. The molecule has 0 fully saturated rings. The minimum absolute atomic E-state index is 0.132. The molecule has 2 atom stereocenters. The van der Waals surface area contributed by atoms with Crippen molar-refractivity contribution in [1.29, 1.82) is 0 Å². The fourth-order valence-corrected chi connectivity index (χ4v) is 2.00. The van der Waals surface area contributed by atoms with Crippen LogP contribution in [0.1, 0.15) is 31.4 Å². The summed E-state index contributed by atoms with van der Waals surface area (Å²) in [5.74, 6) is -0.953. The van der Waals surface area contributed by atoms with Crippen LogP contribution in [-0.4, -0.2) is 29.6 Å². The largest absolute Gasteiger partial charge is 0.484 e. The first-order valence-electron chi connectivity index (χ1n) is 7.07. The average molecular weight is 293 g/mol.